The molecule has 0 saturated heterocycles. The first-order valence-electron chi connectivity index (χ1n) is 21.7. The Morgan fingerprint density at radius 3 is 1.63 bits per heavy atom. The van der Waals surface area contributed by atoms with Gasteiger partial charge < -0.3 is 5.32 Å². The van der Waals surface area contributed by atoms with E-state index in [9.17, 15) is 0 Å². The molecule has 4 aliphatic carbocycles. The van der Waals surface area contributed by atoms with Crippen molar-refractivity contribution in [3.05, 3.63) is 0 Å². The lowest BCUT2D eigenvalue weighted by molar-refractivity contribution is 0.00867. The first-order chi connectivity index (χ1) is 22.0. The van der Waals surface area contributed by atoms with Crippen molar-refractivity contribution in [2.75, 3.05) is 6.54 Å². The van der Waals surface area contributed by atoms with E-state index in [2.05, 4.69) is 67.6 Å². The van der Waals surface area contributed by atoms with Gasteiger partial charge in [-0.2, -0.15) is 0 Å². The summed E-state index contributed by atoms with van der Waals surface area (Å²) in [5, 5.41) is 4.03. The lowest BCUT2D eigenvalue weighted by Crippen LogP contribution is -2.42. The van der Waals surface area contributed by atoms with Gasteiger partial charge in [0.1, 0.15) is 0 Å². The van der Waals surface area contributed by atoms with E-state index in [4.69, 9.17) is 0 Å². The summed E-state index contributed by atoms with van der Waals surface area (Å²) in [5.41, 5.74) is 1.01. The molecule has 46 heavy (non-hydrogen) atoms. The smallest absolute Gasteiger partial charge is 0.00953 e. The third kappa shape index (κ3) is 10.5. The highest BCUT2D eigenvalue weighted by Gasteiger charge is 2.44. The molecule has 4 saturated carbocycles. The molecule has 4 fully saturated rings. The van der Waals surface area contributed by atoms with E-state index in [1.807, 2.05) is 0 Å². The third-order valence-electron chi connectivity index (χ3n) is 15.9. The number of hydrogen-bond acceptors (Lipinski definition) is 1. The topological polar surface area (TPSA) is 12.0 Å². The summed E-state index contributed by atoms with van der Waals surface area (Å²) in [6, 6.07) is 0.779. The van der Waals surface area contributed by atoms with Crippen molar-refractivity contribution in [1.29, 1.82) is 0 Å². The second kappa shape index (κ2) is 18.3. The summed E-state index contributed by atoms with van der Waals surface area (Å²) in [6.07, 6.45) is 33.0. The van der Waals surface area contributed by atoms with E-state index in [-0.39, 0.29) is 0 Å². The van der Waals surface area contributed by atoms with Gasteiger partial charge in [-0.3, -0.25) is 0 Å². The maximum absolute atomic E-state index is 4.03. The molecule has 7 unspecified atom stereocenters. The molecule has 0 amide bonds. The van der Waals surface area contributed by atoms with Gasteiger partial charge in [0, 0.05) is 6.04 Å². The van der Waals surface area contributed by atoms with Crippen LogP contribution in [-0.2, 0) is 0 Å². The highest BCUT2D eigenvalue weighted by molar-refractivity contribution is 4.95. The molecule has 1 N–H and O–H groups in total. The van der Waals surface area contributed by atoms with Crippen LogP contribution in [0.4, 0.5) is 0 Å². The third-order valence-corrected chi connectivity index (χ3v) is 15.9. The maximum atomic E-state index is 4.03. The van der Waals surface area contributed by atoms with Gasteiger partial charge in [0.2, 0.25) is 0 Å². The van der Waals surface area contributed by atoms with Crippen molar-refractivity contribution in [2.24, 2.45) is 70.0 Å². The molecule has 270 valence electrons. The highest BCUT2D eigenvalue weighted by atomic mass is 14.9. The van der Waals surface area contributed by atoms with Gasteiger partial charge in [-0.05, 0) is 166 Å². The second-order valence-corrected chi connectivity index (χ2v) is 19.8. The van der Waals surface area contributed by atoms with E-state index in [1.165, 1.54) is 96.3 Å². The minimum Gasteiger partial charge on any atom is -0.314 e. The molecule has 0 radical (unpaired) electrons. The molecule has 0 aromatic heterocycles. The van der Waals surface area contributed by atoms with Crippen LogP contribution in [0.5, 0.6) is 0 Å². The Bertz CT molecular complexity index is 820. The lowest BCUT2D eigenvalue weighted by Gasteiger charge is -2.50. The Balaban J connectivity index is 1.43. The van der Waals surface area contributed by atoms with E-state index in [1.54, 1.807) is 44.9 Å². The van der Waals surface area contributed by atoms with Gasteiger partial charge >= 0.3 is 0 Å². The minimum absolute atomic E-state index is 0.500. The standard InChI is InChI=1S/C45H85N/c1-10-13-14-15-16-20-43(46-12-3)37-19-17-18-36(29-37)40-31-38(34-21-25-41(26-22-34)44(5,6)7)30-39(32-40)35-23-27-42(28-24-35)45(8,9)33(4)11-2/h33-43,46H,10-32H2,1-9H3. The van der Waals surface area contributed by atoms with Gasteiger partial charge in [-0.15, -0.1) is 0 Å². The summed E-state index contributed by atoms with van der Waals surface area (Å²) < 4.78 is 0. The number of hydrogen-bond donors (Lipinski definition) is 1. The highest BCUT2D eigenvalue weighted by Crippen LogP contribution is 2.54. The maximum Gasteiger partial charge on any atom is 0.00953 e. The minimum atomic E-state index is 0.500. The fourth-order valence-corrected chi connectivity index (χ4v) is 12.1. The van der Waals surface area contributed by atoms with E-state index in [0.29, 0.717) is 10.8 Å². The quantitative estimate of drug-likeness (QED) is 0.176. The van der Waals surface area contributed by atoms with E-state index in [0.717, 1.165) is 71.8 Å². The molecule has 0 bridgehead atoms. The molecular weight excluding hydrogens is 555 g/mol. The molecule has 0 aromatic carbocycles. The Kier molecular flexibility index (Phi) is 15.4. The van der Waals surface area contributed by atoms with Crippen LogP contribution in [0.1, 0.15) is 204 Å². The van der Waals surface area contributed by atoms with Gasteiger partial charge in [-0.25, -0.2) is 0 Å². The van der Waals surface area contributed by atoms with E-state index >= 15 is 0 Å². The number of rotatable bonds is 15. The Morgan fingerprint density at radius 1 is 0.565 bits per heavy atom. The zero-order chi connectivity index (χ0) is 33.3. The Morgan fingerprint density at radius 2 is 1.11 bits per heavy atom. The normalized spacial score (nSPS) is 36.3. The van der Waals surface area contributed by atoms with Crippen LogP contribution in [0, 0.1) is 70.0 Å². The molecule has 0 heterocycles. The zero-order valence-electron chi connectivity index (χ0n) is 33.1. The van der Waals surface area contributed by atoms with Crippen LogP contribution in [0.25, 0.3) is 0 Å². The van der Waals surface area contributed by atoms with Crippen LogP contribution in [0.3, 0.4) is 0 Å². The van der Waals surface area contributed by atoms with Gasteiger partial charge in [-0.1, -0.05) is 114 Å². The average Bonchev–Trinajstić information content (AvgIpc) is 3.07. The van der Waals surface area contributed by atoms with Gasteiger partial charge in [0.15, 0.2) is 0 Å². The molecule has 0 spiro atoms. The predicted molar refractivity (Wildman–Crippen MR) is 204 cm³/mol. The van der Waals surface area contributed by atoms with Gasteiger partial charge in [0.25, 0.3) is 0 Å². The fraction of sp³-hybridized carbons (Fsp3) is 1.00. The Hall–Kier alpha value is -0.0400. The summed E-state index contributed by atoms with van der Waals surface area (Å²) in [5.74, 6) is 9.83. The lowest BCUT2D eigenvalue weighted by atomic mass is 9.56. The molecule has 4 rings (SSSR count). The summed E-state index contributed by atoms with van der Waals surface area (Å²) >= 11 is 0. The van der Waals surface area contributed by atoms with E-state index < -0.39 is 0 Å². The molecular formula is C45H85N. The monoisotopic (exact) mass is 640 g/mol. The van der Waals surface area contributed by atoms with Crippen molar-refractivity contribution < 1.29 is 0 Å². The second-order valence-electron chi connectivity index (χ2n) is 19.8. The molecule has 0 aliphatic heterocycles. The van der Waals surface area contributed by atoms with Crippen molar-refractivity contribution in [1.82, 2.24) is 5.32 Å². The number of unbranched alkanes of at least 4 members (excludes halogenated alkanes) is 4. The molecule has 7 atom stereocenters. The van der Waals surface area contributed by atoms with Crippen LogP contribution < -0.4 is 5.32 Å². The van der Waals surface area contributed by atoms with Crippen LogP contribution in [0.2, 0.25) is 0 Å². The van der Waals surface area contributed by atoms with Crippen molar-refractivity contribution in [3.8, 4) is 0 Å². The molecule has 0 aromatic rings. The van der Waals surface area contributed by atoms with Crippen LogP contribution >= 0.6 is 0 Å². The van der Waals surface area contributed by atoms with Crippen LogP contribution in [0.15, 0.2) is 0 Å². The van der Waals surface area contributed by atoms with Crippen molar-refractivity contribution in [3.63, 3.8) is 0 Å². The summed E-state index contributed by atoms with van der Waals surface area (Å²) in [4.78, 5) is 0. The molecule has 1 heteroatoms. The Labute approximate surface area is 290 Å². The van der Waals surface area contributed by atoms with Crippen molar-refractivity contribution in [2.45, 2.75) is 210 Å². The average molecular weight is 640 g/mol. The van der Waals surface area contributed by atoms with Crippen molar-refractivity contribution >= 4 is 0 Å². The zero-order valence-corrected chi connectivity index (χ0v) is 33.1. The predicted octanol–water partition coefficient (Wildman–Crippen LogP) is 13.9. The largest absolute Gasteiger partial charge is 0.314 e. The fourth-order valence-electron chi connectivity index (χ4n) is 12.1. The first-order valence-corrected chi connectivity index (χ1v) is 21.7. The SMILES string of the molecule is CCCCCCCC(NCC)C1CCCC(C2CC(C3CCC(C(C)(C)C)CC3)CC(C3CCC(C(C)(C)C(C)CC)CC3)C2)C1. The summed E-state index contributed by atoms with van der Waals surface area (Å²) in [6.45, 7) is 23.5. The van der Waals surface area contributed by atoms with Crippen LogP contribution in [-0.4, -0.2) is 12.6 Å². The van der Waals surface area contributed by atoms with Gasteiger partial charge in [0.05, 0.1) is 0 Å². The molecule has 1 nitrogen and oxygen atoms in total. The summed E-state index contributed by atoms with van der Waals surface area (Å²) in [7, 11) is 0. The number of nitrogens with one attached hydrogen (secondary N) is 1. The first kappa shape index (κ1) is 38.8. The molecule has 4 aliphatic rings.